The van der Waals surface area contributed by atoms with Gasteiger partial charge in [-0.3, -0.25) is 0 Å². The number of hydrogen-bond donors (Lipinski definition) is 0. The van der Waals surface area contributed by atoms with E-state index in [1.807, 2.05) is 0 Å². The van der Waals surface area contributed by atoms with Crippen molar-refractivity contribution in [2.24, 2.45) is 0 Å². The van der Waals surface area contributed by atoms with Gasteiger partial charge in [-0.1, -0.05) is 109 Å². The summed E-state index contributed by atoms with van der Waals surface area (Å²) in [6.45, 7) is 8.38. The molecule has 1 aliphatic heterocycles. The number of nitrogens with zero attached hydrogens (tertiary/aromatic N) is 2. The molecule has 0 atom stereocenters. The van der Waals surface area contributed by atoms with Crippen LogP contribution in [0.15, 0.2) is 176 Å². The first-order valence-electron chi connectivity index (χ1n) is 18.4. The minimum absolute atomic E-state index is 0.421. The van der Waals surface area contributed by atoms with E-state index in [2.05, 4.69) is 213 Å². The third-order valence-electron chi connectivity index (χ3n) is 11.0. The number of fused-ring (bicyclic) bond motifs is 3. The Bertz CT molecular complexity index is 2540. The quantitative estimate of drug-likeness (QED) is 0.156. The van der Waals surface area contributed by atoms with Crippen molar-refractivity contribution in [2.75, 3.05) is 4.90 Å². The fraction of sp³-hybridized carbons (Fsp3) is 0.125. The summed E-state index contributed by atoms with van der Waals surface area (Å²) in [6.07, 6.45) is 0. The van der Waals surface area contributed by atoms with Gasteiger partial charge in [-0.25, -0.2) is 0 Å². The van der Waals surface area contributed by atoms with Crippen LogP contribution in [0.25, 0.3) is 49.7 Å². The third-order valence-corrected chi connectivity index (χ3v) is 11.0. The van der Waals surface area contributed by atoms with Gasteiger partial charge in [-0.2, -0.15) is 0 Å². The summed E-state index contributed by atoms with van der Waals surface area (Å²) in [5.41, 5.74) is 11.6. The van der Waals surface area contributed by atoms with Crippen LogP contribution in [0.4, 0.5) is 17.1 Å². The predicted molar refractivity (Wildman–Crippen MR) is 222 cm³/mol. The van der Waals surface area contributed by atoms with E-state index in [9.17, 15) is 0 Å². The molecule has 0 N–H and O–H groups in total. The highest BCUT2D eigenvalue weighted by Crippen LogP contribution is 2.40. The van der Waals surface area contributed by atoms with E-state index in [1.165, 1.54) is 38.5 Å². The summed E-state index contributed by atoms with van der Waals surface area (Å²) in [5.74, 6) is 0. The zero-order valence-electron chi connectivity index (χ0n) is 30.5. The van der Waals surface area contributed by atoms with Crippen molar-refractivity contribution in [3.05, 3.63) is 176 Å². The Hall–Kier alpha value is -5.88. The molecule has 1 aliphatic rings. The second kappa shape index (κ2) is 13.0. The van der Waals surface area contributed by atoms with Crippen LogP contribution in [0.2, 0.25) is 0 Å². The molecule has 1 aromatic heterocycles. The van der Waals surface area contributed by atoms with E-state index in [0.29, 0.717) is 0 Å². The number of para-hydroxylation sites is 2. The van der Waals surface area contributed by atoms with Gasteiger partial charge in [0.1, 0.15) is 0 Å². The molecule has 0 saturated carbocycles. The molecule has 0 aliphatic carbocycles. The molecule has 0 spiro atoms. The highest BCUT2D eigenvalue weighted by Gasteiger charge is 2.51. The molecular formula is C48H41BN2O2. The first-order chi connectivity index (χ1) is 25.8. The molecule has 8 aromatic rings. The molecule has 0 radical (unpaired) electrons. The van der Waals surface area contributed by atoms with Gasteiger partial charge in [-0.05, 0) is 122 Å². The maximum atomic E-state index is 6.47. The molecule has 258 valence electrons. The lowest BCUT2D eigenvalue weighted by molar-refractivity contribution is 0.00578. The Labute approximate surface area is 312 Å². The van der Waals surface area contributed by atoms with Crippen LogP contribution >= 0.6 is 0 Å². The Kier molecular flexibility index (Phi) is 8.07. The normalized spacial score (nSPS) is 14.9. The third kappa shape index (κ3) is 5.92. The van der Waals surface area contributed by atoms with Gasteiger partial charge in [0.15, 0.2) is 0 Å². The molecule has 0 amide bonds. The standard InChI is InChI=1S/C48H41BN2O2/c1-47(2)48(3,4)53-49(52-47)38-16-13-19-42(33-38)50(40-27-22-35(23-28-40)34-14-7-5-8-15-34)41-29-24-36(25-30-41)37-26-31-46-44(32-37)43-20-11-12-21-45(43)51(46)39-17-9-6-10-18-39/h5-33H,1-4H3. The van der Waals surface area contributed by atoms with E-state index < -0.39 is 18.3 Å². The van der Waals surface area contributed by atoms with Crippen LogP contribution in [0.3, 0.4) is 0 Å². The smallest absolute Gasteiger partial charge is 0.399 e. The summed E-state index contributed by atoms with van der Waals surface area (Å²) in [7, 11) is -0.451. The van der Waals surface area contributed by atoms with Crippen molar-refractivity contribution in [1.29, 1.82) is 0 Å². The maximum Gasteiger partial charge on any atom is 0.494 e. The summed E-state index contributed by atoms with van der Waals surface area (Å²) >= 11 is 0. The van der Waals surface area contributed by atoms with Crippen LogP contribution < -0.4 is 10.4 Å². The highest BCUT2D eigenvalue weighted by atomic mass is 16.7. The van der Waals surface area contributed by atoms with Gasteiger partial charge >= 0.3 is 7.12 Å². The van der Waals surface area contributed by atoms with Crippen LogP contribution in [0.1, 0.15) is 27.7 Å². The molecule has 5 heteroatoms. The fourth-order valence-corrected chi connectivity index (χ4v) is 7.48. The molecule has 1 saturated heterocycles. The molecule has 7 aromatic carbocycles. The van der Waals surface area contributed by atoms with Gasteiger partial charge in [0, 0.05) is 33.5 Å². The van der Waals surface area contributed by atoms with Gasteiger partial charge in [0.05, 0.1) is 22.2 Å². The van der Waals surface area contributed by atoms with Crippen molar-refractivity contribution in [3.8, 4) is 27.9 Å². The Morgan fingerprint density at radius 2 is 0.962 bits per heavy atom. The first-order valence-corrected chi connectivity index (χ1v) is 18.4. The van der Waals surface area contributed by atoms with E-state index in [0.717, 1.165) is 33.8 Å². The number of anilines is 3. The first kappa shape index (κ1) is 33.0. The molecule has 4 nitrogen and oxygen atoms in total. The van der Waals surface area contributed by atoms with Crippen molar-refractivity contribution >= 4 is 51.4 Å². The van der Waals surface area contributed by atoms with Gasteiger partial charge in [0.25, 0.3) is 0 Å². The molecule has 0 unspecified atom stereocenters. The minimum Gasteiger partial charge on any atom is -0.399 e. The van der Waals surface area contributed by atoms with Crippen molar-refractivity contribution in [1.82, 2.24) is 4.57 Å². The lowest BCUT2D eigenvalue weighted by atomic mass is 9.79. The Morgan fingerprint density at radius 3 is 1.62 bits per heavy atom. The van der Waals surface area contributed by atoms with Gasteiger partial charge in [0.2, 0.25) is 0 Å². The Balaban J connectivity index is 1.11. The fourth-order valence-electron chi connectivity index (χ4n) is 7.48. The summed E-state index contributed by atoms with van der Waals surface area (Å²) in [4.78, 5) is 2.31. The second-order valence-electron chi connectivity index (χ2n) is 14.9. The molecule has 0 bridgehead atoms. The average Bonchev–Trinajstić information content (AvgIpc) is 3.64. The molecule has 2 heterocycles. The van der Waals surface area contributed by atoms with E-state index >= 15 is 0 Å². The SMILES string of the molecule is CC1(C)OB(c2cccc(N(c3ccc(-c4ccccc4)cc3)c3ccc(-c4ccc5c(c4)c4ccccc4n5-c4ccccc4)cc3)c2)OC1(C)C. The number of benzene rings is 7. The zero-order valence-corrected chi connectivity index (χ0v) is 30.5. The van der Waals surface area contributed by atoms with Crippen LogP contribution in [0.5, 0.6) is 0 Å². The molecule has 53 heavy (non-hydrogen) atoms. The maximum absolute atomic E-state index is 6.47. The van der Waals surface area contributed by atoms with Crippen molar-refractivity contribution < 1.29 is 9.31 Å². The van der Waals surface area contributed by atoms with Crippen LogP contribution in [-0.4, -0.2) is 22.9 Å². The number of rotatable bonds is 7. The average molecular weight is 689 g/mol. The number of hydrogen-bond acceptors (Lipinski definition) is 3. The summed E-state index contributed by atoms with van der Waals surface area (Å²) < 4.78 is 15.3. The van der Waals surface area contributed by atoms with Gasteiger partial charge < -0.3 is 18.8 Å². The van der Waals surface area contributed by atoms with E-state index in [4.69, 9.17) is 9.31 Å². The van der Waals surface area contributed by atoms with Crippen LogP contribution in [-0.2, 0) is 9.31 Å². The molecular weight excluding hydrogens is 647 g/mol. The Morgan fingerprint density at radius 1 is 0.434 bits per heavy atom. The van der Waals surface area contributed by atoms with Gasteiger partial charge in [-0.15, -0.1) is 0 Å². The number of aromatic nitrogens is 1. The van der Waals surface area contributed by atoms with Crippen molar-refractivity contribution in [3.63, 3.8) is 0 Å². The lowest BCUT2D eigenvalue weighted by Gasteiger charge is -2.32. The molecule has 1 fully saturated rings. The summed E-state index contributed by atoms with van der Waals surface area (Å²) in [6, 6.07) is 62.9. The monoisotopic (exact) mass is 688 g/mol. The highest BCUT2D eigenvalue weighted by molar-refractivity contribution is 6.62. The largest absolute Gasteiger partial charge is 0.494 e. The van der Waals surface area contributed by atoms with Crippen LogP contribution in [0, 0.1) is 0 Å². The second-order valence-corrected chi connectivity index (χ2v) is 14.9. The summed E-state index contributed by atoms with van der Waals surface area (Å²) in [5, 5.41) is 2.49. The van der Waals surface area contributed by atoms with E-state index in [-0.39, 0.29) is 0 Å². The zero-order chi connectivity index (χ0) is 36.2. The van der Waals surface area contributed by atoms with E-state index in [1.54, 1.807) is 0 Å². The molecule has 9 rings (SSSR count). The minimum atomic E-state index is -0.451. The predicted octanol–water partition coefficient (Wildman–Crippen LogP) is 11.9. The lowest BCUT2D eigenvalue weighted by Crippen LogP contribution is -2.41. The topological polar surface area (TPSA) is 26.6 Å². The van der Waals surface area contributed by atoms with Crippen molar-refractivity contribution in [2.45, 2.75) is 38.9 Å².